The summed E-state index contributed by atoms with van der Waals surface area (Å²) in [5, 5.41) is 4.66. The molecule has 2 unspecified atom stereocenters. The minimum atomic E-state index is 0.515. The number of nitrogens with one attached hydrogen (secondary N) is 1. The van der Waals surface area contributed by atoms with Crippen LogP contribution in [-0.4, -0.2) is 12.6 Å². The highest BCUT2D eigenvalue weighted by atomic mass is 35.5. The molecule has 0 radical (unpaired) electrons. The average molecular weight is 276 g/mol. The molecule has 0 saturated heterocycles. The quantitative estimate of drug-likeness (QED) is 0.855. The molecule has 1 N–H and O–H groups in total. The molecule has 19 heavy (non-hydrogen) atoms. The lowest BCUT2D eigenvalue weighted by Gasteiger charge is -2.32. The first-order valence-electron chi connectivity index (χ1n) is 7.70. The maximum absolute atomic E-state index is 6.14. The van der Waals surface area contributed by atoms with Crippen LogP contribution in [0.3, 0.4) is 0 Å². The minimum absolute atomic E-state index is 0.515. The van der Waals surface area contributed by atoms with Gasteiger partial charge in [0.2, 0.25) is 0 Å². The Balaban J connectivity index is 1.49. The number of benzene rings is 1. The fraction of sp³-hybridized carbons (Fsp3) is 0.647. The van der Waals surface area contributed by atoms with Crippen molar-refractivity contribution in [1.29, 1.82) is 0 Å². The van der Waals surface area contributed by atoms with Crippen LogP contribution >= 0.6 is 11.6 Å². The van der Waals surface area contributed by atoms with Crippen LogP contribution in [-0.2, 0) is 6.42 Å². The summed E-state index contributed by atoms with van der Waals surface area (Å²) < 4.78 is 0. The molecule has 0 heterocycles. The normalized spacial score (nSPS) is 36.3. The summed E-state index contributed by atoms with van der Waals surface area (Å²) in [5.74, 6) is 2.08. The minimum Gasteiger partial charge on any atom is -0.313 e. The van der Waals surface area contributed by atoms with Gasteiger partial charge in [0.05, 0.1) is 0 Å². The Kier molecular flexibility index (Phi) is 2.89. The fourth-order valence-corrected chi connectivity index (χ4v) is 4.30. The van der Waals surface area contributed by atoms with Crippen molar-refractivity contribution in [3.8, 4) is 0 Å². The molecule has 2 heteroatoms. The standard InChI is InChI=1S/C17H22ClN/c18-15-3-1-2-12(6-15)8-17(11-19-16-4-5-16)9-13-7-14(13)10-17/h1-3,6,13-14,16,19H,4-5,7-11H2. The van der Waals surface area contributed by atoms with Crippen LogP contribution in [0.25, 0.3) is 0 Å². The Morgan fingerprint density at radius 1 is 1.21 bits per heavy atom. The average Bonchev–Trinajstić information content (AvgIpc) is 3.28. The van der Waals surface area contributed by atoms with Crippen molar-refractivity contribution in [2.45, 2.75) is 44.6 Å². The van der Waals surface area contributed by atoms with E-state index < -0.39 is 0 Å². The maximum Gasteiger partial charge on any atom is 0.0408 e. The summed E-state index contributed by atoms with van der Waals surface area (Å²) in [6.07, 6.45) is 8.36. The summed E-state index contributed by atoms with van der Waals surface area (Å²) in [7, 11) is 0. The first-order valence-corrected chi connectivity index (χ1v) is 8.08. The van der Waals surface area contributed by atoms with Gasteiger partial charge in [-0.2, -0.15) is 0 Å². The summed E-state index contributed by atoms with van der Waals surface area (Å²) in [4.78, 5) is 0. The Morgan fingerprint density at radius 2 is 2.00 bits per heavy atom. The van der Waals surface area contributed by atoms with E-state index in [4.69, 9.17) is 11.6 Å². The second-order valence-corrected chi connectivity index (χ2v) is 7.56. The lowest BCUT2D eigenvalue weighted by Crippen LogP contribution is -2.36. The molecule has 102 valence electrons. The highest BCUT2D eigenvalue weighted by molar-refractivity contribution is 6.30. The first-order chi connectivity index (χ1) is 9.22. The molecule has 0 aliphatic heterocycles. The Hall–Kier alpha value is -0.530. The molecule has 1 aromatic rings. The molecular formula is C17H22ClN. The van der Waals surface area contributed by atoms with Gasteiger partial charge in [0.15, 0.2) is 0 Å². The van der Waals surface area contributed by atoms with Crippen molar-refractivity contribution in [2.75, 3.05) is 6.54 Å². The third-order valence-corrected chi connectivity index (χ3v) is 5.51. The zero-order valence-electron chi connectivity index (χ0n) is 11.4. The van der Waals surface area contributed by atoms with Gasteiger partial charge in [0.25, 0.3) is 0 Å². The summed E-state index contributed by atoms with van der Waals surface area (Å²) in [5.41, 5.74) is 1.94. The molecule has 4 rings (SSSR count). The molecule has 1 nitrogen and oxygen atoms in total. The zero-order chi connectivity index (χ0) is 12.9. The van der Waals surface area contributed by atoms with E-state index in [9.17, 15) is 0 Å². The molecular weight excluding hydrogens is 254 g/mol. The molecule has 0 spiro atoms. The van der Waals surface area contributed by atoms with Crippen LogP contribution in [0.15, 0.2) is 24.3 Å². The molecule has 0 amide bonds. The van der Waals surface area contributed by atoms with Crippen molar-refractivity contribution in [1.82, 2.24) is 5.32 Å². The molecule has 1 aromatic carbocycles. The van der Waals surface area contributed by atoms with E-state index >= 15 is 0 Å². The van der Waals surface area contributed by atoms with E-state index in [1.54, 1.807) is 0 Å². The number of hydrogen-bond donors (Lipinski definition) is 1. The molecule has 0 aromatic heterocycles. The van der Waals surface area contributed by atoms with E-state index in [1.807, 2.05) is 6.07 Å². The van der Waals surface area contributed by atoms with Gasteiger partial charge in [-0.3, -0.25) is 0 Å². The third kappa shape index (κ3) is 2.68. The second kappa shape index (κ2) is 4.49. The van der Waals surface area contributed by atoms with Crippen molar-refractivity contribution in [3.05, 3.63) is 34.9 Å². The van der Waals surface area contributed by atoms with E-state index in [0.717, 1.165) is 22.9 Å². The van der Waals surface area contributed by atoms with Gasteiger partial charge in [-0.25, -0.2) is 0 Å². The van der Waals surface area contributed by atoms with Gasteiger partial charge in [-0.1, -0.05) is 23.7 Å². The summed E-state index contributed by atoms with van der Waals surface area (Å²) in [6, 6.07) is 9.30. The van der Waals surface area contributed by atoms with Crippen LogP contribution < -0.4 is 5.32 Å². The fourth-order valence-electron chi connectivity index (χ4n) is 4.09. The molecule has 3 aliphatic rings. The largest absolute Gasteiger partial charge is 0.313 e. The van der Waals surface area contributed by atoms with Gasteiger partial charge in [0.1, 0.15) is 0 Å². The smallest absolute Gasteiger partial charge is 0.0408 e. The van der Waals surface area contributed by atoms with Crippen LogP contribution in [0.5, 0.6) is 0 Å². The highest BCUT2D eigenvalue weighted by Gasteiger charge is 2.53. The van der Waals surface area contributed by atoms with Crippen LogP contribution in [0, 0.1) is 17.3 Å². The molecule has 0 bridgehead atoms. The lowest BCUT2D eigenvalue weighted by atomic mass is 9.77. The summed E-state index contributed by atoms with van der Waals surface area (Å²) in [6.45, 7) is 1.22. The maximum atomic E-state index is 6.14. The van der Waals surface area contributed by atoms with E-state index in [0.29, 0.717) is 5.41 Å². The highest BCUT2D eigenvalue weighted by Crippen LogP contribution is 2.60. The van der Waals surface area contributed by atoms with E-state index in [2.05, 4.69) is 23.5 Å². The zero-order valence-corrected chi connectivity index (χ0v) is 12.1. The van der Waals surface area contributed by atoms with Crippen LogP contribution in [0.4, 0.5) is 0 Å². The second-order valence-electron chi connectivity index (χ2n) is 7.13. The number of hydrogen-bond acceptors (Lipinski definition) is 1. The monoisotopic (exact) mass is 275 g/mol. The van der Waals surface area contributed by atoms with Crippen molar-refractivity contribution >= 4 is 11.6 Å². The van der Waals surface area contributed by atoms with E-state index in [-0.39, 0.29) is 0 Å². The number of rotatable bonds is 5. The Labute approximate surface area is 120 Å². The molecule has 3 fully saturated rings. The van der Waals surface area contributed by atoms with Crippen molar-refractivity contribution in [3.63, 3.8) is 0 Å². The van der Waals surface area contributed by atoms with E-state index in [1.165, 1.54) is 50.6 Å². The first kappa shape index (κ1) is 12.2. The summed E-state index contributed by atoms with van der Waals surface area (Å²) >= 11 is 6.14. The predicted octanol–water partition coefficient (Wildman–Crippen LogP) is 4.05. The topological polar surface area (TPSA) is 12.0 Å². The number of fused-ring (bicyclic) bond motifs is 1. The molecule has 3 saturated carbocycles. The Morgan fingerprint density at radius 3 is 2.68 bits per heavy atom. The number of halogens is 1. The van der Waals surface area contributed by atoms with Gasteiger partial charge in [0, 0.05) is 17.6 Å². The van der Waals surface area contributed by atoms with Gasteiger partial charge in [-0.05, 0) is 73.5 Å². The Bertz CT molecular complexity index is 470. The van der Waals surface area contributed by atoms with Crippen molar-refractivity contribution < 1.29 is 0 Å². The van der Waals surface area contributed by atoms with Gasteiger partial charge < -0.3 is 5.32 Å². The third-order valence-electron chi connectivity index (χ3n) is 5.27. The van der Waals surface area contributed by atoms with Crippen LogP contribution in [0.2, 0.25) is 5.02 Å². The van der Waals surface area contributed by atoms with Gasteiger partial charge >= 0.3 is 0 Å². The SMILES string of the molecule is Clc1cccc(CC2(CNC3CC3)CC3CC3C2)c1. The van der Waals surface area contributed by atoms with Crippen LogP contribution in [0.1, 0.15) is 37.7 Å². The molecule has 3 aliphatic carbocycles. The lowest BCUT2D eigenvalue weighted by molar-refractivity contribution is 0.247. The van der Waals surface area contributed by atoms with Crippen molar-refractivity contribution in [2.24, 2.45) is 17.3 Å². The molecule has 2 atom stereocenters. The van der Waals surface area contributed by atoms with Gasteiger partial charge in [-0.15, -0.1) is 0 Å². The predicted molar refractivity (Wildman–Crippen MR) is 79.4 cm³/mol.